The van der Waals surface area contributed by atoms with E-state index in [1.807, 2.05) is 32.0 Å². The molecular formula is C31H33FN6O2. The quantitative estimate of drug-likeness (QED) is 0.301. The van der Waals surface area contributed by atoms with Crippen molar-refractivity contribution in [3.05, 3.63) is 99.6 Å². The zero-order valence-electron chi connectivity index (χ0n) is 23.4. The van der Waals surface area contributed by atoms with Gasteiger partial charge in [-0.2, -0.15) is 0 Å². The van der Waals surface area contributed by atoms with Gasteiger partial charge < -0.3 is 19.0 Å². The predicted molar refractivity (Wildman–Crippen MR) is 154 cm³/mol. The lowest BCUT2D eigenvalue weighted by Crippen LogP contribution is -2.57. The van der Waals surface area contributed by atoms with E-state index in [0.29, 0.717) is 29.9 Å². The van der Waals surface area contributed by atoms with Crippen LogP contribution in [-0.4, -0.2) is 50.7 Å². The van der Waals surface area contributed by atoms with Crippen molar-refractivity contribution in [1.29, 1.82) is 0 Å². The number of anilines is 1. The summed E-state index contributed by atoms with van der Waals surface area (Å²) in [7, 11) is 1.71. The molecule has 40 heavy (non-hydrogen) atoms. The Labute approximate surface area is 233 Å². The zero-order chi connectivity index (χ0) is 28.6. The maximum atomic E-state index is 14.4. The van der Waals surface area contributed by atoms with E-state index in [2.05, 4.69) is 33.5 Å². The first-order valence-corrected chi connectivity index (χ1v) is 13.4. The third-order valence-corrected chi connectivity index (χ3v) is 7.42. The second-order valence-electron chi connectivity index (χ2n) is 10.7. The Hall–Kier alpha value is -4.29. The van der Waals surface area contributed by atoms with Crippen LogP contribution in [0.3, 0.4) is 0 Å². The van der Waals surface area contributed by atoms with Crippen LogP contribution in [0.1, 0.15) is 45.0 Å². The number of nitrogens with zero attached hydrogens (tertiary/aromatic N) is 6. The summed E-state index contributed by atoms with van der Waals surface area (Å²) in [5.41, 5.74) is 3.53. The molecule has 0 spiro atoms. The molecule has 1 aliphatic heterocycles. The number of hydrogen-bond acceptors (Lipinski definition) is 6. The molecule has 0 aliphatic carbocycles. The molecule has 3 atom stereocenters. The van der Waals surface area contributed by atoms with Crippen molar-refractivity contribution >= 4 is 22.5 Å². The van der Waals surface area contributed by atoms with E-state index in [4.69, 9.17) is 16.3 Å². The minimum Gasteiger partial charge on any atom is -0.489 e. The third-order valence-electron chi connectivity index (χ3n) is 7.42. The van der Waals surface area contributed by atoms with Crippen LogP contribution >= 0.6 is 0 Å². The molecule has 1 unspecified atom stereocenters. The number of benzene rings is 1. The number of hydrogen-bond donors (Lipinski definition) is 0. The number of fused-ring (bicyclic) bond motifs is 1. The van der Waals surface area contributed by atoms with Gasteiger partial charge in [0, 0.05) is 38.3 Å². The van der Waals surface area contributed by atoms with Gasteiger partial charge in [0.05, 0.1) is 35.2 Å². The van der Waals surface area contributed by atoms with E-state index in [0.717, 1.165) is 16.9 Å². The molecule has 206 valence electrons. The highest BCUT2D eigenvalue weighted by atomic mass is 19.1. The maximum absolute atomic E-state index is 14.4. The van der Waals surface area contributed by atoms with Crippen LogP contribution in [-0.2, 0) is 7.05 Å². The fraction of sp³-hybridized carbons (Fsp3) is 0.355. The van der Waals surface area contributed by atoms with Crippen molar-refractivity contribution in [1.82, 2.24) is 19.4 Å². The first-order valence-electron chi connectivity index (χ1n) is 13.4. The Morgan fingerprint density at radius 2 is 1.88 bits per heavy atom. The van der Waals surface area contributed by atoms with Gasteiger partial charge in [0.25, 0.3) is 11.4 Å². The number of piperazine rings is 1. The average Bonchev–Trinajstić information content (AvgIpc) is 2.93. The van der Waals surface area contributed by atoms with Gasteiger partial charge in [-0.25, -0.2) is 4.39 Å². The minimum absolute atomic E-state index is 0.00971. The molecule has 0 radical (unpaired) electrons. The zero-order valence-corrected chi connectivity index (χ0v) is 23.4. The van der Waals surface area contributed by atoms with E-state index >= 15 is 0 Å². The highest BCUT2D eigenvalue weighted by Crippen LogP contribution is 2.36. The molecule has 1 fully saturated rings. The molecule has 1 aromatic carbocycles. The molecule has 0 amide bonds. The normalized spacial score (nSPS) is 18.6. The molecule has 0 N–H and O–H groups in total. The van der Waals surface area contributed by atoms with E-state index < -0.39 is 0 Å². The number of aromatic nitrogens is 3. The van der Waals surface area contributed by atoms with Crippen LogP contribution in [0, 0.1) is 12.4 Å². The van der Waals surface area contributed by atoms with Gasteiger partial charge in [-0.05, 0) is 69.7 Å². The Kier molecular flexibility index (Phi) is 7.55. The molecule has 0 bridgehead atoms. The molecular weight excluding hydrogens is 507 g/mol. The molecule has 3 aromatic heterocycles. The van der Waals surface area contributed by atoms with Gasteiger partial charge in [0.2, 0.25) is 5.52 Å². The SMILES string of the molecule is [C-]#[N+]c1ccc2c(n1)c(N1C[C@@H](C)N(C(c3cccc(F)c3)c3ccc(OC(C)C)cn3)C[C@@H]1C)cc(=O)n2C. The van der Waals surface area contributed by atoms with Crippen molar-refractivity contribution in [3.8, 4) is 5.75 Å². The molecule has 8 nitrogen and oxygen atoms in total. The summed E-state index contributed by atoms with van der Waals surface area (Å²) in [6.45, 7) is 16.8. The summed E-state index contributed by atoms with van der Waals surface area (Å²) in [4.78, 5) is 30.3. The Bertz CT molecular complexity index is 1630. The smallest absolute Gasteiger partial charge is 0.270 e. The topological polar surface area (TPSA) is 67.9 Å². The lowest BCUT2D eigenvalue weighted by molar-refractivity contribution is 0.127. The lowest BCUT2D eigenvalue weighted by atomic mass is 9.96. The number of rotatable bonds is 6. The Morgan fingerprint density at radius 1 is 1.07 bits per heavy atom. The summed E-state index contributed by atoms with van der Waals surface area (Å²) in [6.07, 6.45) is 1.75. The van der Waals surface area contributed by atoms with Crippen molar-refractivity contribution in [2.45, 2.75) is 51.9 Å². The fourth-order valence-corrected chi connectivity index (χ4v) is 5.54. The average molecular weight is 541 g/mol. The van der Waals surface area contributed by atoms with E-state index in [-0.39, 0.29) is 41.4 Å². The third kappa shape index (κ3) is 5.27. The number of pyridine rings is 3. The summed E-state index contributed by atoms with van der Waals surface area (Å²) in [5, 5.41) is 0. The Balaban J connectivity index is 1.53. The van der Waals surface area contributed by atoms with Gasteiger partial charge in [0.1, 0.15) is 11.6 Å². The highest BCUT2D eigenvalue weighted by molar-refractivity contribution is 5.89. The standard InChI is InChI=1S/C31H33FN6O2/c1-19(2)40-24-10-11-25(34-16-24)31(22-8-7-9-23(32)14-22)38-18-20(3)37(17-21(38)4)27-15-29(39)36(6)26-12-13-28(33-5)35-30(26)27/h7-16,19-21,31H,17-18H2,1-4,6H3/t20-,21+,31?/m0/s1. The van der Waals surface area contributed by atoms with Crippen LogP contribution in [0.25, 0.3) is 15.9 Å². The van der Waals surface area contributed by atoms with Crippen molar-refractivity contribution < 1.29 is 9.13 Å². The maximum Gasteiger partial charge on any atom is 0.270 e. The van der Waals surface area contributed by atoms with Gasteiger partial charge in [-0.1, -0.05) is 18.7 Å². The molecule has 9 heteroatoms. The summed E-state index contributed by atoms with van der Waals surface area (Å²) >= 11 is 0. The summed E-state index contributed by atoms with van der Waals surface area (Å²) < 4.78 is 21.8. The number of ether oxygens (including phenoxy) is 1. The van der Waals surface area contributed by atoms with Gasteiger partial charge in [-0.3, -0.25) is 14.7 Å². The molecule has 1 aliphatic rings. The first kappa shape index (κ1) is 27.3. The number of halogens is 1. The molecule has 4 heterocycles. The van der Waals surface area contributed by atoms with Crippen LogP contribution in [0.15, 0.2) is 65.6 Å². The van der Waals surface area contributed by atoms with Crippen LogP contribution in [0.2, 0.25) is 0 Å². The second-order valence-corrected chi connectivity index (χ2v) is 10.7. The van der Waals surface area contributed by atoms with E-state index in [1.165, 1.54) is 6.07 Å². The highest BCUT2D eigenvalue weighted by Gasteiger charge is 2.37. The molecule has 5 rings (SSSR count). The lowest BCUT2D eigenvalue weighted by Gasteiger charge is -2.48. The molecule has 0 saturated carbocycles. The first-order chi connectivity index (χ1) is 19.2. The fourth-order valence-electron chi connectivity index (χ4n) is 5.54. The molecule has 1 saturated heterocycles. The van der Waals surface area contributed by atoms with Crippen molar-refractivity contribution in [2.24, 2.45) is 7.05 Å². The summed E-state index contributed by atoms with van der Waals surface area (Å²) in [5.74, 6) is 0.676. The minimum atomic E-state index is -0.296. The van der Waals surface area contributed by atoms with Gasteiger partial charge >= 0.3 is 0 Å². The predicted octanol–water partition coefficient (Wildman–Crippen LogP) is 5.49. The monoisotopic (exact) mass is 540 g/mol. The van der Waals surface area contributed by atoms with Gasteiger partial charge in [0.15, 0.2) is 0 Å². The second kappa shape index (κ2) is 11.1. The van der Waals surface area contributed by atoms with E-state index in [9.17, 15) is 9.18 Å². The number of aryl methyl sites for hydroxylation is 1. The largest absolute Gasteiger partial charge is 0.489 e. The van der Waals surface area contributed by atoms with Crippen LogP contribution < -0.4 is 15.2 Å². The molecule has 4 aromatic rings. The summed E-state index contributed by atoms with van der Waals surface area (Å²) in [6, 6.07) is 15.3. The van der Waals surface area contributed by atoms with Crippen molar-refractivity contribution in [3.63, 3.8) is 0 Å². The van der Waals surface area contributed by atoms with Crippen LogP contribution in [0.5, 0.6) is 5.75 Å². The van der Waals surface area contributed by atoms with E-state index in [1.54, 1.807) is 48.1 Å². The van der Waals surface area contributed by atoms with Crippen molar-refractivity contribution in [2.75, 3.05) is 18.0 Å². The van der Waals surface area contributed by atoms with Gasteiger partial charge in [-0.15, -0.1) is 4.98 Å². The van der Waals surface area contributed by atoms with Crippen LogP contribution in [0.4, 0.5) is 15.9 Å². The Morgan fingerprint density at radius 3 is 2.55 bits per heavy atom.